The molecule has 2 rings (SSSR count). The van der Waals surface area contributed by atoms with Gasteiger partial charge in [0, 0.05) is 37.3 Å². The molecule has 516 valence electrons. The molecule has 30 heteroatoms. The van der Waals surface area contributed by atoms with Gasteiger partial charge in [0.05, 0.1) is 49.5 Å². The Kier molecular flexibility index (Phi) is 33.7. The molecule has 9 atom stereocenters. The van der Waals surface area contributed by atoms with Crippen LogP contribution in [-0.4, -0.2) is 176 Å². The Morgan fingerprint density at radius 2 is 0.860 bits per heavy atom. The number of methoxy groups -OCH3 is 2. The highest BCUT2D eigenvalue weighted by molar-refractivity contribution is 6.39. The Labute approximate surface area is 542 Å². The molecule has 0 bridgehead atoms. The van der Waals surface area contributed by atoms with Crippen LogP contribution in [0.25, 0.3) is 0 Å². The summed E-state index contributed by atoms with van der Waals surface area (Å²) in [6, 6.07) is -4.92. The number of carbonyl (C=O) groups is 14. The quantitative estimate of drug-likeness (QED) is 0.0210. The van der Waals surface area contributed by atoms with E-state index in [0.29, 0.717) is 0 Å². The van der Waals surface area contributed by atoms with Gasteiger partial charge >= 0.3 is 11.8 Å². The molecule has 30 nitrogen and oxygen atoms in total. The molecule has 2 aromatic rings. The van der Waals surface area contributed by atoms with E-state index in [9.17, 15) is 67.1 Å². The molecule has 0 saturated carbocycles. The first-order valence-corrected chi connectivity index (χ1v) is 30.9. The molecule has 0 fully saturated rings. The Hall–Kier alpha value is -8.74. The van der Waals surface area contributed by atoms with E-state index in [-0.39, 0.29) is 90.6 Å². The zero-order valence-corrected chi connectivity index (χ0v) is 55.7. The molecular weight excluding hydrogens is 1210 g/mol. The van der Waals surface area contributed by atoms with E-state index in [1.807, 2.05) is 0 Å². The van der Waals surface area contributed by atoms with Gasteiger partial charge in [0.1, 0.15) is 17.5 Å². The van der Waals surface area contributed by atoms with Crippen LogP contribution < -0.4 is 85.6 Å². The van der Waals surface area contributed by atoms with E-state index >= 15 is 0 Å². The van der Waals surface area contributed by atoms with E-state index in [1.54, 1.807) is 75.3 Å². The monoisotopic (exact) mass is 1310 g/mol. The van der Waals surface area contributed by atoms with E-state index in [0.717, 1.165) is 6.07 Å². The van der Waals surface area contributed by atoms with Crippen LogP contribution in [0.3, 0.4) is 0 Å². The van der Waals surface area contributed by atoms with Gasteiger partial charge in [-0.25, -0.2) is 0 Å². The maximum Gasteiger partial charge on any atom is 0.313 e. The van der Waals surface area contributed by atoms with Crippen LogP contribution in [0.15, 0.2) is 42.5 Å². The molecule has 0 aromatic heterocycles. The lowest BCUT2D eigenvalue weighted by Crippen LogP contribution is -2.63. The summed E-state index contributed by atoms with van der Waals surface area (Å²) in [7, 11) is 2.56. The number of hydrogen-bond acceptors (Lipinski definition) is 20. The van der Waals surface area contributed by atoms with Crippen molar-refractivity contribution in [2.24, 2.45) is 52.5 Å². The van der Waals surface area contributed by atoms with E-state index in [2.05, 4.69) is 53.2 Å². The largest absolute Gasteiger partial charge is 0.496 e. The number of para-hydroxylation sites is 1. The number of hydrogen-bond donors (Lipinski definition) is 14. The first-order valence-electron chi connectivity index (χ1n) is 30.9. The summed E-state index contributed by atoms with van der Waals surface area (Å²) in [6.45, 7) is 19.1. The minimum atomic E-state index is -2.07. The summed E-state index contributed by atoms with van der Waals surface area (Å²) in [6.07, 6.45) is -0.0970. The average Bonchev–Trinajstić information content (AvgIpc) is 0.959. The second-order valence-corrected chi connectivity index (χ2v) is 24.7. The molecule has 0 radical (unpaired) electrons. The molecule has 0 aliphatic heterocycles. The summed E-state index contributed by atoms with van der Waals surface area (Å²) in [5.41, 5.74) is 24.4. The number of ether oxygens (including phenoxy) is 2. The van der Waals surface area contributed by atoms with E-state index < -0.39 is 162 Å². The molecule has 0 aliphatic rings. The van der Waals surface area contributed by atoms with Gasteiger partial charge in [-0.1, -0.05) is 81.4 Å². The number of amides is 10. The molecule has 0 spiro atoms. The third-order valence-electron chi connectivity index (χ3n) is 14.2. The molecule has 0 saturated heterocycles. The Morgan fingerprint density at radius 1 is 0.430 bits per heavy atom. The zero-order chi connectivity index (χ0) is 70.7. The summed E-state index contributed by atoms with van der Waals surface area (Å²) in [4.78, 5) is 191. The third-order valence-corrected chi connectivity index (χ3v) is 14.2. The van der Waals surface area contributed by atoms with Crippen molar-refractivity contribution >= 4 is 87.9 Å². The number of Topliss-reactive ketones (excluding diaryl/α,β-unsaturated/α-hetero) is 4. The van der Waals surface area contributed by atoms with Crippen molar-refractivity contribution < 1.29 is 76.6 Å². The fourth-order valence-electron chi connectivity index (χ4n) is 9.11. The number of benzene rings is 2. The van der Waals surface area contributed by atoms with Gasteiger partial charge < -0.3 is 85.6 Å². The van der Waals surface area contributed by atoms with Crippen molar-refractivity contribution in [3.63, 3.8) is 0 Å². The molecule has 2 aromatic carbocycles. The van der Waals surface area contributed by atoms with Crippen molar-refractivity contribution in [2.75, 3.05) is 39.2 Å². The molecule has 0 unspecified atom stereocenters. The molecule has 18 N–H and O–H groups in total. The molecule has 0 heterocycles. The SMILES string of the molecule is COc1ccc(NC(=O)C(=O)NCCC[C@H](NC(=O)C(C)C)C(=O)N[C@H](C(=O)NCCNC(=O)[C@@H](NC(=O)[C@@H](NC(=O)c2ccccc2OC)C(=O)[C@@H](N)CC(C)C)C(=O)[C@@H](N)CC(C)C)C(=O)[C@@H](N)CC(C)C)cc1C(=O)N[C@H](C(=O)NC(C)C)C(=O)[C@@H](N)C(C)C. The highest BCUT2D eigenvalue weighted by Gasteiger charge is 2.40. The first kappa shape index (κ1) is 80.4. The van der Waals surface area contributed by atoms with Crippen LogP contribution in [0.4, 0.5) is 5.69 Å². The lowest BCUT2D eigenvalue weighted by molar-refractivity contribution is -0.139. The Morgan fingerprint density at radius 3 is 1.31 bits per heavy atom. The minimum absolute atomic E-state index is 0.0210. The zero-order valence-electron chi connectivity index (χ0n) is 55.7. The van der Waals surface area contributed by atoms with Gasteiger partial charge in [-0.15, -0.1) is 0 Å². The van der Waals surface area contributed by atoms with Crippen molar-refractivity contribution in [3.05, 3.63) is 53.6 Å². The average molecular weight is 1310 g/mol. The second-order valence-electron chi connectivity index (χ2n) is 24.7. The van der Waals surface area contributed by atoms with Gasteiger partial charge in [0.25, 0.3) is 23.6 Å². The van der Waals surface area contributed by atoms with Crippen LogP contribution in [0.1, 0.15) is 136 Å². The van der Waals surface area contributed by atoms with Gasteiger partial charge in [-0.05, 0) is 100.0 Å². The minimum Gasteiger partial charge on any atom is -0.496 e. The number of ketones is 4. The Bertz CT molecular complexity index is 2990. The maximum absolute atomic E-state index is 14.2. The number of anilines is 1. The highest BCUT2D eigenvalue weighted by Crippen LogP contribution is 2.24. The maximum atomic E-state index is 14.2. The third kappa shape index (κ3) is 26.1. The van der Waals surface area contributed by atoms with Crippen molar-refractivity contribution in [1.29, 1.82) is 0 Å². The fourth-order valence-corrected chi connectivity index (χ4v) is 9.11. The molecular formula is C63H98N14O16. The van der Waals surface area contributed by atoms with Crippen LogP contribution in [0, 0.1) is 29.6 Å². The first-order chi connectivity index (χ1) is 43.5. The summed E-state index contributed by atoms with van der Waals surface area (Å²) >= 11 is 0. The number of nitrogens with two attached hydrogens (primary N) is 4. The smallest absolute Gasteiger partial charge is 0.313 e. The van der Waals surface area contributed by atoms with E-state index in [1.165, 1.54) is 58.4 Å². The predicted octanol–water partition coefficient (Wildman–Crippen LogP) is -1.32. The van der Waals surface area contributed by atoms with Gasteiger partial charge in [0.2, 0.25) is 23.6 Å². The highest BCUT2D eigenvalue weighted by atomic mass is 16.5. The number of carbonyl (C=O) groups excluding carboxylic acids is 14. The summed E-state index contributed by atoms with van der Waals surface area (Å²) < 4.78 is 10.6. The Balaban J connectivity index is 2.35. The number of nitrogens with one attached hydrogen (secondary N) is 10. The lowest BCUT2D eigenvalue weighted by Gasteiger charge is -2.26. The molecule has 93 heavy (non-hydrogen) atoms. The summed E-state index contributed by atoms with van der Waals surface area (Å²) in [5, 5.41) is 24.2. The van der Waals surface area contributed by atoms with Crippen molar-refractivity contribution in [2.45, 2.75) is 176 Å². The fraction of sp³-hybridized carbons (Fsp3) is 0.587. The normalized spacial score (nSPS) is 14.2. The molecule has 10 amide bonds. The van der Waals surface area contributed by atoms with Crippen molar-refractivity contribution in [3.8, 4) is 11.5 Å². The van der Waals surface area contributed by atoms with Crippen LogP contribution >= 0.6 is 0 Å². The van der Waals surface area contributed by atoms with Crippen LogP contribution in [0.5, 0.6) is 11.5 Å². The van der Waals surface area contributed by atoms with Gasteiger partial charge in [0.15, 0.2) is 47.3 Å². The van der Waals surface area contributed by atoms with Crippen molar-refractivity contribution in [1.82, 2.24) is 47.9 Å². The predicted molar refractivity (Wildman–Crippen MR) is 344 cm³/mol. The van der Waals surface area contributed by atoms with Gasteiger partial charge in [-0.2, -0.15) is 0 Å². The summed E-state index contributed by atoms with van der Waals surface area (Å²) in [5.74, 6) is -15.2. The van der Waals surface area contributed by atoms with Crippen LogP contribution in [0.2, 0.25) is 0 Å². The standard InChI is InChI=1S/C63H98N14O16/c1-30(2)26-39(64)50(78)46(58(86)69-24-25-70-59(87)47(51(79)40(65)27-31(3)4)77-61(89)48(52(80)41(66)28-32(5)6)74-55(83)37-18-15-16-20-43(37)92-13)76-57(85)42(73-54(82)34(9)10)19-17-23-68-62(90)63(91)72-36-21-22-44(93-14)38(29-36)56(84)75-49(60(88)71-35(11)12)53(81)45(67)33(7)8/h15-16,18,20-22,29-35,39-42,45-49H,17,19,23-28,64-67H2,1-14H3,(H,68,90)(H,69,86)(H,70,87)(H,71,88)(H,72,91)(H,73,82)(H,74,83)(H,75,84)(H,76,85)(H,77,89)/t39-,40-,41-,42-,45-,46-,47-,48-,49-/m0/s1. The van der Waals surface area contributed by atoms with Gasteiger partial charge in [-0.3, -0.25) is 67.1 Å². The lowest BCUT2D eigenvalue weighted by atomic mass is 9.94. The number of rotatable bonds is 39. The molecule has 0 aliphatic carbocycles. The van der Waals surface area contributed by atoms with E-state index in [4.69, 9.17) is 32.4 Å². The second kappa shape index (κ2) is 39.0. The van der Waals surface area contributed by atoms with Crippen LogP contribution in [-0.2, 0) is 57.5 Å². The topological polar surface area (TPSA) is 482 Å².